The smallest absolute Gasteiger partial charge is 0.410 e. The van der Waals surface area contributed by atoms with Crippen molar-refractivity contribution in [3.8, 4) is 0 Å². The number of hydrogen-bond donors (Lipinski definition) is 1. The molecule has 1 aromatic carbocycles. The molecular weight excluding hydrogens is 341 g/mol. The van der Waals surface area contributed by atoms with Crippen LogP contribution in [0.3, 0.4) is 0 Å². The molecule has 0 bridgehead atoms. The zero-order valence-electron chi connectivity index (χ0n) is 12.3. The number of halogens is 2. The van der Waals surface area contributed by atoms with E-state index < -0.39 is 17.3 Å². The van der Waals surface area contributed by atoms with Gasteiger partial charge < -0.3 is 14.7 Å². The quantitative estimate of drug-likeness (QED) is 0.882. The highest BCUT2D eigenvalue weighted by molar-refractivity contribution is 9.10. The van der Waals surface area contributed by atoms with Gasteiger partial charge in [-0.2, -0.15) is 0 Å². The second-order valence-electron chi connectivity index (χ2n) is 6.47. The van der Waals surface area contributed by atoms with Gasteiger partial charge in [0.15, 0.2) is 0 Å². The number of amides is 1. The molecule has 4 nitrogen and oxygen atoms in total. The summed E-state index contributed by atoms with van der Waals surface area (Å²) in [5.74, 6) is -0.332. The lowest BCUT2D eigenvalue weighted by atomic mass is 9.87. The number of β-amino-alcohol motifs (C(OH)–C–C–N with tert-alkyl or cyclic N) is 1. The normalized spacial score (nSPS) is 17.3. The fourth-order valence-corrected chi connectivity index (χ4v) is 2.74. The summed E-state index contributed by atoms with van der Waals surface area (Å²) in [5.41, 5.74) is -0.732. The Morgan fingerprint density at radius 1 is 1.48 bits per heavy atom. The fourth-order valence-electron chi connectivity index (χ4n) is 2.25. The van der Waals surface area contributed by atoms with Crippen molar-refractivity contribution in [2.75, 3.05) is 13.1 Å². The van der Waals surface area contributed by atoms with E-state index >= 15 is 0 Å². The number of nitrogens with zero attached hydrogens (tertiary/aromatic N) is 1. The average Bonchev–Trinajstić information content (AvgIpc) is 2.27. The van der Waals surface area contributed by atoms with Gasteiger partial charge in [0.1, 0.15) is 17.0 Å². The van der Waals surface area contributed by atoms with Crippen LogP contribution in [0.5, 0.6) is 0 Å². The van der Waals surface area contributed by atoms with E-state index in [1.807, 2.05) is 0 Å². The van der Waals surface area contributed by atoms with E-state index in [9.17, 15) is 14.3 Å². The summed E-state index contributed by atoms with van der Waals surface area (Å²) >= 11 is 3.28. The molecule has 21 heavy (non-hydrogen) atoms. The maximum atomic E-state index is 13.0. The van der Waals surface area contributed by atoms with E-state index in [1.54, 1.807) is 26.8 Å². The second kappa shape index (κ2) is 5.57. The van der Waals surface area contributed by atoms with Gasteiger partial charge in [-0.25, -0.2) is 9.18 Å². The maximum absolute atomic E-state index is 13.0. The Morgan fingerprint density at radius 2 is 2.10 bits per heavy atom. The van der Waals surface area contributed by atoms with Gasteiger partial charge in [0.05, 0.1) is 13.1 Å². The fraction of sp³-hybridized carbons (Fsp3) is 0.533. The summed E-state index contributed by atoms with van der Waals surface area (Å²) in [4.78, 5) is 13.3. The summed E-state index contributed by atoms with van der Waals surface area (Å²) in [5, 5.41) is 10.4. The average molecular weight is 360 g/mol. The van der Waals surface area contributed by atoms with Crippen LogP contribution in [0.25, 0.3) is 0 Å². The monoisotopic (exact) mass is 359 g/mol. The van der Waals surface area contributed by atoms with Gasteiger partial charge in [0.2, 0.25) is 0 Å². The minimum Gasteiger partial charge on any atom is -0.444 e. The molecule has 1 aliphatic heterocycles. The third kappa shape index (κ3) is 4.17. The van der Waals surface area contributed by atoms with Crippen molar-refractivity contribution in [1.82, 2.24) is 4.90 Å². The molecular formula is C15H19BrFNO3. The Labute approximate surface area is 132 Å². The summed E-state index contributed by atoms with van der Waals surface area (Å²) in [6.45, 7) is 5.82. The zero-order chi connectivity index (χ0) is 15.8. The van der Waals surface area contributed by atoms with Crippen molar-refractivity contribution in [1.29, 1.82) is 0 Å². The highest BCUT2D eigenvalue weighted by Gasteiger charge is 2.45. The van der Waals surface area contributed by atoms with Gasteiger partial charge in [-0.3, -0.25) is 0 Å². The van der Waals surface area contributed by atoms with E-state index in [0.29, 0.717) is 10.9 Å². The van der Waals surface area contributed by atoms with Gasteiger partial charge in [-0.1, -0.05) is 22.0 Å². The van der Waals surface area contributed by atoms with Gasteiger partial charge in [0, 0.05) is 10.9 Å². The van der Waals surface area contributed by atoms with E-state index in [-0.39, 0.29) is 18.9 Å². The molecule has 0 unspecified atom stereocenters. The molecule has 0 aliphatic carbocycles. The number of carbonyl (C=O) groups is 1. The molecule has 1 N–H and O–H groups in total. The van der Waals surface area contributed by atoms with E-state index in [2.05, 4.69) is 15.9 Å². The van der Waals surface area contributed by atoms with E-state index in [0.717, 1.165) is 5.56 Å². The van der Waals surface area contributed by atoms with Crippen molar-refractivity contribution in [3.05, 3.63) is 34.1 Å². The van der Waals surface area contributed by atoms with Crippen molar-refractivity contribution < 1.29 is 19.0 Å². The summed E-state index contributed by atoms with van der Waals surface area (Å²) in [6.07, 6.45) is -0.0713. The van der Waals surface area contributed by atoms with Crippen LogP contribution in [0.4, 0.5) is 9.18 Å². The van der Waals surface area contributed by atoms with Crippen LogP contribution in [-0.2, 0) is 11.2 Å². The molecule has 2 rings (SSSR count). The first-order valence-corrected chi connectivity index (χ1v) is 7.52. The molecule has 0 aromatic heterocycles. The standard InChI is InChI=1S/C15H19BrFNO3/c1-14(2,3)21-13(19)18-8-15(20,9-18)7-10-4-5-11(17)6-12(10)16/h4-6,20H,7-9H2,1-3H3. The van der Waals surface area contributed by atoms with Crippen molar-refractivity contribution in [3.63, 3.8) is 0 Å². The minimum absolute atomic E-state index is 0.214. The number of carbonyl (C=O) groups excluding carboxylic acids is 1. The highest BCUT2D eigenvalue weighted by atomic mass is 79.9. The number of likely N-dealkylation sites (tertiary alicyclic amines) is 1. The third-order valence-electron chi connectivity index (χ3n) is 3.16. The summed E-state index contributed by atoms with van der Waals surface area (Å²) in [6, 6.07) is 4.35. The summed E-state index contributed by atoms with van der Waals surface area (Å²) in [7, 11) is 0. The van der Waals surface area contributed by atoms with Crippen LogP contribution >= 0.6 is 15.9 Å². The molecule has 1 aromatic rings. The highest BCUT2D eigenvalue weighted by Crippen LogP contribution is 2.30. The predicted molar refractivity (Wildman–Crippen MR) is 80.6 cm³/mol. The first-order chi connectivity index (χ1) is 9.58. The molecule has 0 saturated carbocycles. The number of ether oxygens (including phenoxy) is 1. The number of aliphatic hydroxyl groups is 1. The summed E-state index contributed by atoms with van der Waals surface area (Å²) < 4.78 is 18.9. The van der Waals surface area contributed by atoms with Gasteiger partial charge in [-0.05, 0) is 38.5 Å². The molecule has 1 aliphatic rings. The molecule has 1 heterocycles. The van der Waals surface area contributed by atoms with Crippen LogP contribution < -0.4 is 0 Å². The molecule has 1 saturated heterocycles. The van der Waals surface area contributed by atoms with Gasteiger partial charge >= 0.3 is 6.09 Å². The van der Waals surface area contributed by atoms with Crippen molar-refractivity contribution in [2.24, 2.45) is 0 Å². The van der Waals surface area contributed by atoms with Crippen LogP contribution in [0.15, 0.2) is 22.7 Å². The molecule has 116 valence electrons. The molecule has 0 atom stereocenters. The molecule has 1 fully saturated rings. The van der Waals surface area contributed by atoms with Crippen molar-refractivity contribution >= 4 is 22.0 Å². The Kier molecular flexibility index (Phi) is 4.31. The van der Waals surface area contributed by atoms with Crippen LogP contribution in [0.2, 0.25) is 0 Å². The number of hydrogen-bond acceptors (Lipinski definition) is 3. The predicted octanol–water partition coefficient (Wildman–Crippen LogP) is 3.11. The molecule has 0 spiro atoms. The maximum Gasteiger partial charge on any atom is 0.410 e. The second-order valence-corrected chi connectivity index (χ2v) is 7.33. The molecule has 0 radical (unpaired) electrons. The first-order valence-electron chi connectivity index (χ1n) is 6.72. The first kappa shape index (κ1) is 16.2. The molecule has 1 amide bonds. The SMILES string of the molecule is CC(C)(C)OC(=O)N1CC(O)(Cc2ccc(F)cc2Br)C1. The van der Waals surface area contributed by atoms with Crippen LogP contribution in [0.1, 0.15) is 26.3 Å². The Morgan fingerprint density at radius 3 is 2.62 bits per heavy atom. The van der Waals surface area contributed by atoms with E-state index in [1.165, 1.54) is 17.0 Å². The minimum atomic E-state index is -0.989. The van der Waals surface area contributed by atoms with Gasteiger partial charge in [0.25, 0.3) is 0 Å². The largest absolute Gasteiger partial charge is 0.444 e. The van der Waals surface area contributed by atoms with E-state index in [4.69, 9.17) is 4.74 Å². The lowest BCUT2D eigenvalue weighted by Gasteiger charge is -2.46. The van der Waals surface area contributed by atoms with Crippen LogP contribution in [-0.4, -0.2) is 40.4 Å². The van der Waals surface area contributed by atoms with Crippen LogP contribution in [0, 0.1) is 5.82 Å². The third-order valence-corrected chi connectivity index (χ3v) is 3.89. The number of benzene rings is 1. The Bertz CT molecular complexity index is 550. The lowest BCUT2D eigenvalue weighted by molar-refractivity contribution is -0.0974. The Hall–Kier alpha value is -1.14. The van der Waals surface area contributed by atoms with Gasteiger partial charge in [-0.15, -0.1) is 0 Å². The Balaban J connectivity index is 1.94. The number of rotatable bonds is 2. The zero-order valence-corrected chi connectivity index (χ0v) is 13.9. The molecule has 6 heteroatoms. The van der Waals surface area contributed by atoms with Crippen molar-refractivity contribution in [2.45, 2.75) is 38.4 Å². The lowest BCUT2D eigenvalue weighted by Crippen LogP contribution is -2.65. The topological polar surface area (TPSA) is 49.8 Å².